The van der Waals surface area contributed by atoms with Gasteiger partial charge in [0.2, 0.25) is 0 Å². The Hall–Kier alpha value is -2.56. The van der Waals surface area contributed by atoms with Gasteiger partial charge in [0.15, 0.2) is 11.5 Å². The Bertz CT molecular complexity index is 584. The Morgan fingerprint density at radius 2 is 1.16 bits per heavy atom. The van der Waals surface area contributed by atoms with Crippen LogP contribution < -0.4 is 16.2 Å². The van der Waals surface area contributed by atoms with Crippen LogP contribution in [0.15, 0.2) is 24.3 Å². The van der Waals surface area contributed by atoms with E-state index in [1.807, 2.05) is 0 Å². The van der Waals surface area contributed by atoms with Crippen molar-refractivity contribution in [3.63, 3.8) is 0 Å². The number of nitrogen functional groups attached to an aromatic ring is 2. The lowest BCUT2D eigenvalue weighted by molar-refractivity contribution is 0.445. The first-order chi connectivity index (χ1) is 8.88. The van der Waals surface area contributed by atoms with E-state index in [9.17, 15) is 10.2 Å². The molecule has 100 valence electrons. The highest BCUT2D eigenvalue weighted by Crippen LogP contribution is 2.37. The number of anilines is 2. The third kappa shape index (κ3) is 2.49. The van der Waals surface area contributed by atoms with Crippen molar-refractivity contribution in [3.8, 4) is 23.0 Å². The zero-order chi connectivity index (χ0) is 14.2. The summed E-state index contributed by atoms with van der Waals surface area (Å²) in [6.45, 7) is 3.48. The van der Waals surface area contributed by atoms with E-state index < -0.39 is 0 Å². The maximum atomic E-state index is 9.65. The number of hydrogen-bond donors (Lipinski definition) is 4. The molecule has 0 atom stereocenters. The van der Waals surface area contributed by atoms with E-state index in [-0.39, 0.29) is 23.0 Å². The first-order valence-corrected chi connectivity index (χ1v) is 5.74. The number of phenols is 2. The molecule has 0 radical (unpaired) electrons. The van der Waals surface area contributed by atoms with Crippen LogP contribution in [0.1, 0.15) is 11.1 Å². The van der Waals surface area contributed by atoms with Gasteiger partial charge in [-0.3, -0.25) is 0 Å². The average molecular weight is 260 g/mol. The minimum absolute atomic E-state index is 0.0825. The molecule has 0 aliphatic carbocycles. The highest BCUT2D eigenvalue weighted by Gasteiger charge is 2.10. The summed E-state index contributed by atoms with van der Waals surface area (Å²) in [5.41, 5.74) is 13.7. The molecule has 0 amide bonds. The van der Waals surface area contributed by atoms with Crippen molar-refractivity contribution in [1.82, 2.24) is 0 Å². The van der Waals surface area contributed by atoms with Gasteiger partial charge in [-0.1, -0.05) is 0 Å². The zero-order valence-corrected chi connectivity index (χ0v) is 10.8. The summed E-state index contributed by atoms with van der Waals surface area (Å²) < 4.78 is 5.54. The number of phenolic OH excluding ortho intramolecular Hbond substituents is 2. The Morgan fingerprint density at radius 3 is 1.53 bits per heavy atom. The maximum Gasteiger partial charge on any atom is 0.154 e. The fourth-order valence-corrected chi connectivity index (χ4v) is 1.69. The summed E-state index contributed by atoms with van der Waals surface area (Å²) in [5, 5.41) is 19.3. The lowest BCUT2D eigenvalue weighted by Crippen LogP contribution is -1.97. The minimum atomic E-state index is 0.0825. The van der Waals surface area contributed by atoms with E-state index in [1.54, 1.807) is 26.0 Å². The number of nitrogens with two attached hydrogens (primary N) is 2. The Labute approximate surface area is 111 Å². The van der Waals surface area contributed by atoms with Gasteiger partial charge in [0.25, 0.3) is 0 Å². The van der Waals surface area contributed by atoms with Crippen LogP contribution in [-0.2, 0) is 0 Å². The van der Waals surface area contributed by atoms with Crippen LogP contribution in [0, 0.1) is 13.8 Å². The lowest BCUT2D eigenvalue weighted by atomic mass is 10.1. The summed E-state index contributed by atoms with van der Waals surface area (Å²) >= 11 is 0. The molecule has 0 aliphatic rings. The standard InChI is InChI=1S/C14H16N2O3/c1-7-3-9(15)13(5-11(7)17)19-14-6-12(18)8(2)4-10(14)16/h3-6,17-18H,15-16H2,1-2H3. The van der Waals surface area contributed by atoms with E-state index in [0.29, 0.717) is 22.5 Å². The number of rotatable bonds is 2. The molecule has 0 aromatic heterocycles. The molecule has 6 N–H and O–H groups in total. The highest BCUT2D eigenvalue weighted by atomic mass is 16.5. The molecule has 2 rings (SSSR count). The molecular formula is C14H16N2O3. The van der Waals surface area contributed by atoms with Crippen LogP contribution in [-0.4, -0.2) is 10.2 Å². The predicted octanol–water partition coefficient (Wildman–Crippen LogP) is 2.67. The fourth-order valence-electron chi connectivity index (χ4n) is 1.69. The third-order valence-electron chi connectivity index (χ3n) is 2.88. The molecule has 2 aromatic rings. The Morgan fingerprint density at radius 1 is 0.789 bits per heavy atom. The molecule has 0 spiro atoms. The predicted molar refractivity (Wildman–Crippen MR) is 74.6 cm³/mol. The molecule has 0 saturated heterocycles. The zero-order valence-electron chi connectivity index (χ0n) is 10.8. The van der Waals surface area contributed by atoms with Crippen molar-refractivity contribution in [1.29, 1.82) is 0 Å². The van der Waals surface area contributed by atoms with Crippen molar-refractivity contribution in [2.45, 2.75) is 13.8 Å². The smallest absolute Gasteiger partial charge is 0.154 e. The van der Waals surface area contributed by atoms with Gasteiger partial charge in [-0.05, 0) is 37.1 Å². The van der Waals surface area contributed by atoms with E-state index in [4.69, 9.17) is 16.2 Å². The number of benzene rings is 2. The van der Waals surface area contributed by atoms with Crippen molar-refractivity contribution in [2.24, 2.45) is 0 Å². The second-order valence-corrected chi connectivity index (χ2v) is 4.46. The number of aryl methyl sites for hydroxylation is 2. The largest absolute Gasteiger partial charge is 0.508 e. The molecule has 0 aliphatic heterocycles. The van der Waals surface area contributed by atoms with Gasteiger partial charge in [0, 0.05) is 12.1 Å². The van der Waals surface area contributed by atoms with Crippen LogP contribution in [0.5, 0.6) is 23.0 Å². The summed E-state index contributed by atoms with van der Waals surface area (Å²) in [6, 6.07) is 6.05. The van der Waals surface area contributed by atoms with Crippen molar-refractivity contribution in [2.75, 3.05) is 11.5 Å². The summed E-state index contributed by atoms with van der Waals surface area (Å²) in [7, 11) is 0. The van der Waals surface area contributed by atoms with E-state index in [0.717, 1.165) is 0 Å². The summed E-state index contributed by atoms with van der Waals surface area (Å²) in [5.74, 6) is 0.745. The molecule has 0 saturated carbocycles. The molecule has 2 aromatic carbocycles. The molecule has 0 heterocycles. The van der Waals surface area contributed by atoms with Crippen LogP contribution in [0.3, 0.4) is 0 Å². The van der Waals surface area contributed by atoms with E-state index in [1.165, 1.54) is 12.1 Å². The van der Waals surface area contributed by atoms with E-state index in [2.05, 4.69) is 0 Å². The van der Waals surface area contributed by atoms with Gasteiger partial charge in [-0.15, -0.1) is 0 Å². The highest BCUT2D eigenvalue weighted by molar-refractivity contribution is 5.64. The van der Waals surface area contributed by atoms with Crippen molar-refractivity contribution < 1.29 is 14.9 Å². The molecule has 0 unspecified atom stereocenters. The lowest BCUT2D eigenvalue weighted by Gasteiger charge is -2.13. The van der Waals surface area contributed by atoms with E-state index >= 15 is 0 Å². The second kappa shape index (κ2) is 4.61. The summed E-state index contributed by atoms with van der Waals surface area (Å²) in [4.78, 5) is 0. The maximum absolute atomic E-state index is 9.65. The SMILES string of the molecule is Cc1cc(N)c(Oc2cc(O)c(C)cc2N)cc1O. The second-order valence-electron chi connectivity index (χ2n) is 4.46. The van der Waals surface area contributed by atoms with Gasteiger partial charge in [-0.2, -0.15) is 0 Å². The average Bonchev–Trinajstić information content (AvgIpc) is 2.32. The van der Waals surface area contributed by atoms with Crippen LogP contribution in [0.25, 0.3) is 0 Å². The van der Waals surface area contributed by atoms with Crippen molar-refractivity contribution in [3.05, 3.63) is 35.4 Å². The van der Waals surface area contributed by atoms with Crippen LogP contribution in [0.2, 0.25) is 0 Å². The fraction of sp³-hybridized carbons (Fsp3) is 0.143. The molecule has 0 bridgehead atoms. The topological polar surface area (TPSA) is 102 Å². The van der Waals surface area contributed by atoms with Crippen LogP contribution in [0.4, 0.5) is 11.4 Å². The number of aromatic hydroxyl groups is 2. The normalized spacial score (nSPS) is 10.4. The van der Waals surface area contributed by atoms with Crippen molar-refractivity contribution >= 4 is 11.4 Å². The molecular weight excluding hydrogens is 244 g/mol. The quantitative estimate of drug-likeness (QED) is 0.491. The van der Waals surface area contributed by atoms with Gasteiger partial charge >= 0.3 is 0 Å². The monoisotopic (exact) mass is 260 g/mol. The van der Waals surface area contributed by atoms with Crippen LogP contribution >= 0.6 is 0 Å². The number of hydrogen-bond acceptors (Lipinski definition) is 5. The minimum Gasteiger partial charge on any atom is -0.508 e. The van der Waals surface area contributed by atoms with Gasteiger partial charge in [0.1, 0.15) is 11.5 Å². The Balaban J connectivity index is 2.42. The first-order valence-electron chi connectivity index (χ1n) is 5.74. The third-order valence-corrected chi connectivity index (χ3v) is 2.88. The first kappa shape index (κ1) is 12.9. The van der Waals surface area contributed by atoms with Gasteiger partial charge in [-0.25, -0.2) is 0 Å². The molecule has 19 heavy (non-hydrogen) atoms. The summed E-state index contributed by atoms with van der Waals surface area (Å²) in [6.07, 6.45) is 0. The molecule has 5 heteroatoms. The van der Waals surface area contributed by atoms with Gasteiger partial charge in [0.05, 0.1) is 11.4 Å². The number of ether oxygens (including phenoxy) is 1. The Kier molecular flexibility index (Phi) is 3.12. The van der Waals surface area contributed by atoms with Gasteiger partial charge < -0.3 is 26.4 Å². The molecule has 0 fully saturated rings. The molecule has 5 nitrogen and oxygen atoms in total.